The van der Waals surface area contributed by atoms with Crippen LogP contribution in [0.15, 0.2) is 36.5 Å². The zero-order valence-electron chi connectivity index (χ0n) is 16.0. The van der Waals surface area contributed by atoms with E-state index in [0.29, 0.717) is 24.6 Å². The van der Waals surface area contributed by atoms with E-state index in [1.165, 1.54) is 30.5 Å². The number of anilines is 1. The number of nitriles is 1. The van der Waals surface area contributed by atoms with Gasteiger partial charge in [0.05, 0.1) is 30.0 Å². The summed E-state index contributed by atoms with van der Waals surface area (Å²) in [4.78, 5) is 18.5. The van der Waals surface area contributed by atoms with Gasteiger partial charge in [-0.15, -0.1) is 0 Å². The number of aromatic nitrogens is 1. The van der Waals surface area contributed by atoms with Gasteiger partial charge in [-0.05, 0) is 35.7 Å². The van der Waals surface area contributed by atoms with E-state index in [-0.39, 0.29) is 17.5 Å². The van der Waals surface area contributed by atoms with Crippen LogP contribution in [0.5, 0.6) is 0 Å². The highest BCUT2D eigenvalue weighted by Crippen LogP contribution is 2.26. The molecule has 0 aliphatic carbocycles. The van der Waals surface area contributed by atoms with Crippen LogP contribution in [-0.4, -0.2) is 42.0 Å². The second-order valence-electron chi connectivity index (χ2n) is 7.25. The van der Waals surface area contributed by atoms with Crippen LogP contribution >= 0.6 is 0 Å². The molecule has 2 heterocycles. The summed E-state index contributed by atoms with van der Waals surface area (Å²) in [6.45, 7) is 7.52. The van der Waals surface area contributed by atoms with Crippen LogP contribution < -0.4 is 5.32 Å². The fourth-order valence-electron chi connectivity index (χ4n) is 3.23. The topological polar surface area (TPSA) is 78.2 Å². The first-order valence-corrected chi connectivity index (χ1v) is 9.27. The molecule has 28 heavy (non-hydrogen) atoms. The molecular weight excluding hydrogens is 359 g/mol. The molecule has 6 nitrogen and oxygen atoms in total. The molecule has 1 saturated heterocycles. The Morgan fingerprint density at radius 1 is 1.43 bits per heavy atom. The van der Waals surface area contributed by atoms with Gasteiger partial charge in [-0.25, -0.2) is 4.39 Å². The van der Waals surface area contributed by atoms with Crippen molar-refractivity contribution in [2.24, 2.45) is 5.92 Å². The fourth-order valence-corrected chi connectivity index (χ4v) is 3.23. The summed E-state index contributed by atoms with van der Waals surface area (Å²) in [7, 11) is 0. The van der Waals surface area contributed by atoms with Gasteiger partial charge < -0.3 is 10.1 Å². The smallest absolute Gasteiger partial charge is 0.274 e. The lowest BCUT2D eigenvalue weighted by atomic mass is 10.1. The van der Waals surface area contributed by atoms with Gasteiger partial charge in [-0.2, -0.15) is 5.26 Å². The highest BCUT2D eigenvalue weighted by molar-refractivity contribution is 6.03. The minimum Gasteiger partial charge on any atom is -0.371 e. The number of ether oxygens (including phenoxy) is 1. The Hall–Kier alpha value is -2.82. The van der Waals surface area contributed by atoms with Gasteiger partial charge in [-0.1, -0.05) is 19.9 Å². The largest absolute Gasteiger partial charge is 0.371 e. The van der Waals surface area contributed by atoms with Gasteiger partial charge in [0.2, 0.25) is 0 Å². The van der Waals surface area contributed by atoms with Crippen molar-refractivity contribution >= 4 is 11.6 Å². The number of nitrogens with zero attached hydrogens (tertiary/aromatic N) is 3. The number of rotatable bonds is 5. The van der Waals surface area contributed by atoms with Crippen LogP contribution in [0.25, 0.3) is 0 Å². The van der Waals surface area contributed by atoms with E-state index < -0.39 is 11.7 Å². The molecule has 0 radical (unpaired) electrons. The van der Waals surface area contributed by atoms with E-state index in [2.05, 4.69) is 29.0 Å². The molecule has 1 fully saturated rings. The number of nitrogens with one attached hydrogen (secondary N) is 1. The number of carbonyl (C=O) groups excluding carboxylic acids is 1. The van der Waals surface area contributed by atoms with Crippen molar-refractivity contribution in [2.45, 2.75) is 20.0 Å². The van der Waals surface area contributed by atoms with Crippen LogP contribution in [0, 0.1) is 23.1 Å². The predicted octanol–water partition coefficient (Wildman–Crippen LogP) is 3.37. The number of halogens is 1. The van der Waals surface area contributed by atoms with E-state index in [4.69, 9.17) is 10.00 Å². The third-order valence-corrected chi connectivity index (χ3v) is 4.51. The summed E-state index contributed by atoms with van der Waals surface area (Å²) in [6, 6.07) is 9.50. The molecule has 1 aliphatic heterocycles. The van der Waals surface area contributed by atoms with Gasteiger partial charge in [-0.3, -0.25) is 14.7 Å². The molecular formula is C21H23FN4O2. The van der Waals surface area contributed by atoms with Gasteiger partial charge in [0.1, 0.15) is 11.5 Å². The number of carbonyl (C=O) groups is 1. The van der Waals surface area contributed by atoms with Crippen LogP contribution in [0.4, 0.5) is 10.1 Å². The maximum Gasteiger partial charge on any atom is 0.274 e. The molecule has 1 aromatic heterocycles. The Morgan fingerprint density at radius 2 is 2.25 bits per heavy atom. The number of hydrogen-bond acceptors (Lipinski definition) is 5. The average molecular weight is 382 g/mol. The average Bonchev–Trinajstić information content (AvgIpc) is 2.69. The third-order valence-electron chi connectivity index (χ3n) is 4.51. The molecule has 0 saturated carbocycles. The normalized spacial score (nSPS) is 17.3. The second kappa shape index (κ2) is 8.91. The van der Waals surface area contributed by atoms with Gasteiger partial charge >= 0.3 is 0 Å². The van der Waals surface area contributed by atoms with Crippen molar-refractivity contribution in [3.63, 3.8) is 0 Å². The summed E-state index contributed by atoms with van der Waals surface area (Å²) >= 11 is 0. The quantitative estimate of drug-likeness (QED) is 0.858. The first-order chi connectivity index (χ1) is 13.5. The Morgan fingerprint density at radius 3 is 2.96 bits per heavy atom. The van der Waals surface area contributed by atoms with Crippen LogP contribution in [0.2, 0.25) is 0 Å². The van der Waals surface area contributed by atoms with E-state index in [1.54, 1.807) is 6.07 Å². The van der Waals surface area contributed by atoms with Gasteiger partial charge in [0.25, 0.3) is 5.91 Å². The summed E-state index contributed by atoms with van der Waals surface area (Å²) < 4.78 is 20.4. The minimum absolute atomic E-state index is 0.0578. The fraction of sp³-hybridized carbons (Fsp3) is 0.381. The lowest BCUT2D eigenvalue weighted by Gasteiger charge is -2.34. The zero-order chi connectivity index (χ0) is 20.1. The first kappa shape index (κ1) is 19.9. The van der Waals surface area contributed by atoms with Crippen molar-refractivity contribution < 1.29 is 13.9 Å². The van der Waals surface area contributed by atoms with Crippen molar-refractivity contribution in [3.8, 4) is 6.07 Å². The summed E-state index contributed by atoms with van der Waals surface area (Å²) in [6.07, 6.45) is 1.18. The Kier molecular flexibility index (Phi) is 6.34. The Labute approximate surface area is 163 Å². The maximum atomic E-state index is 14.6. The second-order valence-corrected chi connectivity index (χ2v) is 7.25. The van der Waals surface area contributed by atoms with Gasteiger partial charge in [0.15, 0.2) is 0 Å². The molecule has 7 heteroatoms. The number of benzene rings is 1. The lowest BCUT2D eigenvalue weighted by Crippen LogP contribution is -2.40. The molecule has 1 aromatic carbocycles. The van der Waals surface area contributed by atoms with Gasteiger partial charge in [0, 0.05) is 25.8 Å². The van der Waals surface area contributed by atoms with E-state index in [1.807, 2.05) is 6.07 Å². The molecule has 1 N–H and O–H groups in total. The number of amides is 1. The summed E-state index contributed by atoms with van der Waals surface area (Å²) in [5.74, 6) is -0.547. The molecule has 1 atom stereocenters. The molecule has 3 rings (SSSR count). The van der Waals surface area contributed by atoms with E-state index >= 15 is 0 Å². The summed E-state index contributed by atoms with van der Waals surface area (Å²) in [5.41, 5.74) is 1.18. The number of hydrogen-bond donors (Lipinski definition) is 1. The lowest BCUT2D eigenvalue weighted by molar-refractivity contribution is -0.0333. The maximum absolute atomic E-state index is 14.6. The SMILES string of the molecule is CC(C)CN1CCO[C@@H](c2ccc(NC(=O)c3cc(C#N)ccn3)c(F)c2)C1. The van der Waals surface area contributed by atoms with Crippen molar-refractivity contribution in [3.05, 3.63) is 59.2 Å². The monoisotopic (exact) mass is 382 g/mol. The molecule has 0 spiro atoms. The highest BCUT2D eigenvalue weighted by atomic mass is 19.1. The molecule has 1 aliphatic rings. The van der Waals surface area contributed by atoms with Crippen molar-refractivity contribution in [2.75, 3.05) is 31.6 Å². The van der Waals surface area contributed by atoms with Crippen LogP contribution in [-0.2, 0) is 4.74 Å². The first-order valence-electron chi connectivity index (χ1n) is 9.27. The molecule has 0 unspecified atom stereocenters. The Bertz CT molecular complexity index is 894. The van der Waals surface area contributed by atoms with Crippen molar-refractivity contribution in [1.82, 2.24) is 9.88 Å². The van der Waals surface area contributed by atoms with Crippen molar-refractivity contribution in [1.29, 1.82) is 5.26 Å². The predicted molar refractivity (Wildman–Crippen MR) is 103 cm³/mol. The Balaban J connectivity index is 1.70. The van der Waals surface area contributed by atoms with Crippen LogP contribution in [0.1, 0.15) is 41.6 Å². The molecule has 146 valence electrons. The molecule has 2 aromatic rings. The highest BCUT2D eigenvalue weighted by Gasteiger charge is 2.23. The minimum atomic E-state index is -0.569. The molecule has 0 bridgehead atoms. The summed E-state index contributed by atoms with van der Waals surface area (Å²) in [5, 5.41) is 11.4. The number of morpholine rings is 1. The van der Waals surface area contributed by atoms with Crippen LogP contribution in [0.3, 0.4) is 0 Å². The number of pyridine rings is 1. The van der Waals surface area contributed by atoms with E-state index in [0.717, 1.165) is 18.7 Å². The standard InChI is InChI=1S/C21H23FN4O2/c1-14(2)12-26-7-8-28-20(13-26)16-3-4-18(17(22)10-16)25-21(27)19-9-15(11-23)5-6-24-19/h3-6,9-10,14,20H,7-8,12-13H2,1-2H3,(H,25,27)/t20-/m1/s1. The third kappa shape index (κ3) is 4.91. The molecule has 1 amide bonds. The zero-order valence-corrected chi connectivity index (χ0v) is 16.0. The van der Waals surface area contributed by atoms with E-state index in [9.17, 15) is 9.18 Å².